The van der Waals surface area contributed by atoms with Crippen molar-refractivity contribution in [2.45, 2.75) is 19.0 Å². The quantitative estimate of drug-likeness (QED) is 0.766. The molecule has 0 N–H and O–H groups in total. The van der Waals surface area contributed by atoms with Crippen LogP contribution < -0.4 is 0 Å². The van der Waals surface area contributed by atoms with Crippen molar-refractivity contribution in [2.24, 2.45) is 0 Å². The lowest BCUT2D eigenvalue weighted by Gasteiger charge is -2.26. The van der Waals surface area contributed by atoms with Gasteiger partial charge < -0.3 is 0 Å². The number of hydrogen-bond acceptors (Lipinski definition) is 2. The molecule has 3 rings (SSSR count). The molecular weight excluding hydrogens is 349 g/mol. The predicted octanol–water partition coefficient (Wildman–Crippen LogP) is 4.85. The Morgan fingerprint density at radius 2 is 1.80 bits per heavy atom. The first-order valence-corrected chi connectivity index (χ1v) is 8.01. The van der Waals surface area contributed by atoms with Gasteiger partial charge in [0.1, 0.15) is 0 Å². The van der Waals surface area contributed by atoms with E-state index >= 15 is 0 Å². The first-order chi connectivity index (χ1) is 11.5. The second kappa shape index (κ2) is 8.50. The molecule has 0 unspecified atom stereocenters. The third-order valence-corrected chi connectivity index (χ3v) is 4.29. The molecule has 6 heteroatoms. The molecule has 0 atom stereocenters. The van der Waals surface area contributed by atoms with E-state index in [1.807, 2.05) is 18.2 Å². The molecule has 1 aliphatic rings. The number of nitrogens with zero attached hydrogens (tertiary/aromatic N) is 2. The molecule has 0 bridgehead atoms. The van der Waals surface area contributed by atoms with Crippen molar-refractivity contribution in [1.82, 2.24) is 9.88 Å². The van der Waals surface area contributed by atoms with Crippen LogP contribution in [-0.4, -0.2) is 29.5 Å². The Labute approximate surface area is 151 Å². The lowest BCUT2D eigenvalue weighted by Crippen LogP contribution is -2.30. The van der Waals surface area contributed by atoms with Crippen molar-refractivity contribution in [3.63, 3.8) is 0 Å². The van der Waals surface area contributed by atoms with E-state index in [4.69, 9.17) is 0 Å². The lowest BCUT2D eigenvalue weighted by molar-refractivity contribution is -0.137. The normalized spacial score (nSPS) is 15.4. The minimum absolute atomic E-state index is 0. The van der Waals surface area contributed by atoms with Crippen molar-refractivity contribution >= 4 is 18.0 Å². The first kappa shape index (κ1) is 19.5. The largest absolute Gasteiger partial charge is 0.416 e. The van der Waals surface area contributed by atoms with E-state index in [0.29, 0.717) is 0 Å². The highest BCUT2D eigenvalue weighted by Gasteiger charge is 2.30. The number of alkyl halides is 3. The van der Waals surface area contributed by atoms with E-state index in [9.17, 15) is 13.2 Å². The topological polar surface area (TPSA) is 16.1 Å². The van der Waals surface area contributed by atoms with Crippen LogP contribution >= 0.6 is 12.4 Å². The van der Waals surface area contributed by atoms with Crippen LogP contribution in [0.4, 0.5) is 13.2 Å². The zero-order valence-electron chi connectivity index (χ0n) is 13.7. The zero-order chi connectivity index (χ0) is 17.0. The molecule has 25 heavy (non-hydrogen) atoms. The summed E-state index contributed by atoms with van der Waals surface area (Å²) in [5.74, 6) is 0. The Morgan fingerprint density at radius 3 is 2.36 bits per heavy atom. The Kier molecular flexibility index (Phi) is 6.62. The number of rotatable bonds is 4. The van der Waals surface area contributed by atoms with Crippen LogP contribution in [-0.2, 0) is 12.6 Å². The predicted molar refractivity (Wildman–Crippen MR) is 95.7 cm³/mol. The fraction of sp³-hybridized carbons (Fsp3) is 0.316. The number of hydrogen-bond donors (Lipinski definition) is 0. The van der Waals surface area contributed by atoms with Gasteiger partial charge in [0, 0.05) is 37.9 Å². The van der Waals surface area contributed by atoms with E-state index < -0.39 is 11.7 Å². The fourth-order valence-electron chi connectivity index (χ4n) is 2.87. The molecule has 0 saturated carbocycles. The summed E-state index contributed by atoms with van der Waals surface area (Å²) in [6, 6.07) is 11.4. The van der Waals surface area contributed by atoms with Gasteiger partial charge in [0.25, 0.3) is 0 Å². The summed E-state index contributed by atoms with van der Waals surface area (Å²) >= 11 is 0. The van der Waals surface area contributed by atoms with Crippen molar-refractivity contribution in [2.75, 3.05) is 19.6 Å². The number of halogens is 4. The molecule has 134 valence electrons. The second-order valence-electron chi connectivity index (χ2n) is 5.93. The summed E-state index contributed by atoms with van der Waals surface area (Å²) in [6.07, 6.45) is 1.40. The van der Waals surface area contributed by atoms with E-state index in [2.05, 4.69) is 16.0 Å². The molecule has 1 aromatic carbocycles. The minimum Gasteiger partial charge on any atom is -0.299 e. The Hall–Kier alpha value is -1.85. The van der Waals surface area contributed by atoms with Crippen molar-refractivity contribution in [3.8, 4) is 0 Å². The molecule has 0 aliphatic carbocycles. The Morgan fingerprint density at radius 1 is 1.04 bits per heavy atom. The number of benzene rings is 1. The van der Waals surface area contributed by atoms with E-state index in [-0.39, 0.29) is 12.4 Å². The molecule has 2 aromatic rings. The van der Waals surface area contributed by atoms with Crippen LogP contribution in [0, 0.1) is 0 Å². The summed E-state index contributed by atoms with van der Waals surface area (Å²) in [4.78, 5) is 6.66. The zero-order valence-corrected chi connectivity index (χ0v) is 14.5. The maximum atomic E-state index is 12.6. The second-order valence-corrected chi connectivity index (χ2v) is 5.93. The highest BCUT2D eigenvalue weighted by Crippen LogP contribution is 2.31. The standard InChI is InChI=1S/C19H19F3N2.ClH/c20-19(21,22)17-6-4-15(5-7-17)16-8-12-24(13-9-16)14-10-18-3-1-2-11-23-18;/h1-8,11H,9-10,12-14H2;1H. The molecule has 0 spiro atoms. The van der Waals surface area contributed by atoms with E-state index in [0.717, 1.165) is 61.4 Å². The number of aromatic nitrogens is 1. The van der Waals surface area contributed by atoms with Gasteiger partial charge >= 0.3 is 6.18 Å². The van der Waals surface area contributed by atoms with Crippen LogP contribution in [0.15, 0.2) is 54.7 Å². The summed E-state index contributed by atoms with van der Waals surface area (Å²) in [7, 11) is 0. The van der Waals surface area contributed by atoms with Gasteiger partial charge in [-0.25, -0.2) is 0 Å². The van der Waals surface area contributed by atoms with Crippen molar-refractivity contribution in [1.29, 1.82) is 0 Å². The molecule has 0 amide bonds. The van der Waals surface area contributed by atoms with E-state index in [1.54, 1.807) is 18.3 Å². The lowest BCUT2D eigenvalue weighted by atomic mass is 9.98. The summed E-state index contributed by atoms with van der Waals surface area (Å²) in [5, 5.41) is 0. The molecule has 1 aliphatic heterocycles. The maximum Gasteiger partial charge on any atom is 0.416 e. The molecule has 1 aromatic heterocycles. The van der Waals surface area contributed by atoms with Gasteiger partial charge in [-0.15, -0.1) is 12.4 Å². The SMILES string of the molecule is Cl.FC(F)(F)c1ccc(C2=CCN(CCc3ccccn3)CC2)cc1. The molecular formula is C19H20ClF3N2. The molecule has 2 nitrogen and oxygen atoms in total. The van der Waals surface area contributed by atoms with Crippen molar-refractivity contribution < 1.29 is 13.2 Å². The molecule has 0 radical (unpaired) electrons. The average Bonchev–Trinajstić information content (AvgIpc) is 2.61. The highest BCUT2D eigenvalue weighted by atomic mass is 35.5. The van der Waals surface area contributed by atoms with Crippen molar-refractivity contribution in [3.05, 3.63) is 71.6 Å². The average molecular weight is 369 g/mol. The smallest absolute Gasteiger partial charge is 0.299 e. The fourth-order valence-corrected chi connectivity index (χ4v) is 2.87. The Balaban J connectivity index is 0.00000225. The van der Waals surface area contributed by atoms with Gasteiger partial charge in [-0.3, -0.25) is 9.88 Å². The van der Waals surface area contributed by atoms with Crippen LogP contribution in [0.3, 0.4) is 0 Å². The van der Waals surface area contributed by atoms with Crippen LogP contribution in [0.2, 0.25) is 0 Å². The summed E-state index contributed by atoms with van der Waals surface area (Å²) < 4.78 is 37.8. The first-order valence-electron chi connectivity index (χ1n) is 8.01. The van der Waals surface area contributed by atoms with Crippen LogP contribution in [0.25, 0.3) is 5.57 Å². The third kappa shape index (κ3) is 5.31. The number of pyridine rings is 1. The maximum absolute atomic E-state index is 12.6. The Bertz CT molecular complexity index is 697. The molecule has 0 fully saturated rings. The van der Waals surface area contributed by atoms with Gasteiger partial charge in [-0.05, 0) is 41.8 Å². The van der Waals surface area contributed by atoms with Crippen LogP contribution in [0.1, 0.15) is 23.2 Å². The monoisotopic (exact) mass is 368 g/mol. The molecule has 2 heterocycles. The molecule has 0 saturated heterocycles. The van der Waals surface area contributed by atoms with Gasteiger partial charge in [0.05, 0.1) is 5.56 Å². The van der Waals surface area contributed by atoms with Gasteiger partial charge in [0.15, 0.2) is 0 Å². The minimum atomic E-state index is -4.28. The third-order valence-electron chi connectivity index (χ3n) is 4.29. The van der Waals surface area contributed by atoms with Gasteiger partial charge in [0.2, 0.25) is 0 Å². The summed E-state index contributed by atoms with van der Waals surface area (Å²) in [5.41, 5.74) is 2.49. The summed E-state index contributed by atoms with van der Waals surface area (Å²) in [6.45, 7) is 2.68. The van der Waals surface area contributed by atoms with E-state index in [1.165, 1.54) is 0 Å². The van der Waals surface area contributed by atoms with Crippen LogP contribution in [0.5, 0.6) is 0 Å². The van der Waals surface area contributed by atoms with Gasteiger partial charge in [-0.1, -0.05) is 24.3 Å². The van der Waals surface area contributed by atoms with Gasteiger partial charge in [-0.2, -0.15) is 13.2 Å². The highest BCUT2D eigenvalue weighted by molar-refractivity contribution is 5.85.